The van der Waals surface area contributed by atoms with E-state index in [-0.39, 0.29) is 5.91 Å². The fourth-order valence-corrected chi connectivity index (χ4v) is 3.58. The summed E-state index contributed by atoms with van der Waals surface area (Å²) >= 11 is 1.41. The largest absolute Gasteiger partial charge is 0.325 e. The Morgan fingerprint density at radius 1 is 1.12 bits per heavy atom. The Balaban J connectivity index is 1.72. The third kappa shape index (κ3) is 3.57. The monoisotopic (exact) mass is 337 g/mol. The quantitative estimate of drug-likeness (QED) is 0.722. The third-order valence-corrected chi connectivity index (χ3v) is 4.80. The molecule has 122 valence electrons. The van der Waals surface area contributed by atoms with Crippen LogP contribution in [0.1, 0.15) is 16.7 Å². The maximum absolute atomic E-state index is 12.3. The second-order valence-corrected chi connectivity index (χ2v) is 6.81. The van der Waals surface area contributed by atoms with E-state index in [0.29, 0.717) is 5.75 Å². The minimum atomic E-state index is -0.0372. The summed E-state index contributed by atoms with van der Waals surface area (Å²) in [5, 5.41) is 14.0. The Morgan fingerprint density at radius 2 is 1.83 bits per heavy atom. The van der Waals surface area contributed by atoms with Crippen molar-refractivity contribution in [2.24, 2.45) is 0 Å². The van der Waals surface area contributed by atoms with Crippen molar-refractivity contribution in [3.8, 4) is 0 Å². The van der Waals surface area contributed by atoms with Crippen LogP contribution in [0.25, 0.3) is 10.8 Å². The number of benzene rings is 2. The molecule has 4 nitrogen and oxygen atoms in total. The lowest BCUT2D eigenvalue weighted by molar-refractivity contribution is -0.113. The molecule has 0 aliphatic heterocycles. The number of thioether (sulfide) groups is 1. The van der Waals surface area contributed by atoms with Gasteiger partial charge in [-0.05, 0) is 31.9 Å². The van der Waals surface area contributed by atoms with E-state index in [1.807, 2.05) is 38.1 Å². The van der Waals surface area contributed by atoms with Crippen LogP contribution in [-0.4, -0.2) is 21.9 Å². The number of amides is 1. The maximum Gasteiger partial charge on any atom is 0.234 e. The molecule has 24 heavy (non-hydrogen) atoms. The van der Waals surface area contributed by atoms with E-state index in [9.17, 15) is 4.79 Å². The van der Waals surface area contributed by atoms with E-state index >= 15 is 0 Å². The summed E-state index contributed by atoms with van der Waals surface area (Å²) in [5.74, 6) is 0.264. The number of aromatic nitrogens is 2. The molecule has 3 rings (SSSR count). The van der Waals surface area contributed by atoms with Gasteiger partial charge in [0.05, 0.1) is 11.9 Å². The number of fused-ring (bicyclic) bond motifs is 1. The van der Waals surface area contributed by atoms with Crippen molar-refractivity contribution in [1.82, 2.24) is 10.2 Å². The van der Waals surface area contributed by atoms with Gasteiger partial charge in [-0.25, -0.2) is 0 Å². The van der Waals surface area contributed by atoms with E-state index in [0.717, 1.165) is 32.6 Å². The lowest BCUT2D eigenvalue weighted by Crippen LogP contribution is -2.16. The fourth-order valence-electron chi connectivity index (χ4n) is 2.79. The first-order chi connectivity index (χ1) is 11.5. The Labute approximate surface area is 145 Å². The molecule has 0 bridgehead atoms. The van der Waals surface area contributed by atoms with Gasteiger partial charge in [-0.1, -0.05) is 53.7 Å². The highest BCUT2D eigenvalue weighted by Gasteiger charge is 2.11. The average Bonchev–Trinajstić information content (AvgIpc) is 2.56. The number of carbonyl (C=O) groups is 1. The smallest absolute Gasteiger partial charge is 0.234 e. The van der Waals surface area contributed by atoms with Crippen molar-refractivity contribution in [2.45, 2.75) is 25.8 Å². The zero-order valence-corrected chi connectivity index (χ0v) is 14.8. The van der Waals surface area contributed by atoms with E-state index in [4.69, 9.17) is 0 Å². The molecule has 1 aromatic heterocycles. The first-order valence-corrected chi connectivity index (χ1v) is 8.74. The molecule has 0 saturated carbocycles. The Hall–Kier alpha value is -2.40. The van der Waals surface area contributed by atoms with Gasteiger partial charge in [0.2, 0.25) is 5.91 Å². The van der Waals surface area contributed by atoms with Gasteiger partial charge in [0, 0.05) is 16.5 Å². The Bertz CT molecular complexity index is 880. The van der Waals surface area contributed by atoms with Crippen LogP contribution in [0.15, 0.2) is 47.6 Å². The summed E-state index contributed by atoms with van der Waals surface area (Å²) < 4.78 is 0. The van der Waals surface area contributed by atoms with Crippen molar-refractivity contribution in [3.63, 3.8) is 0 Å². The number of carbonyl (C=O) groups excluding carboxylic acids is 1. The molecule has 0 unspecified atom stereocenters. The Kier molecular flexibility index (Phi) is 4.81. The summed E-state index contributed by atoms with van der Waals surface area (Å²) in [6.07, 6.45) is 1.73. The summed E-state index contributed by atoms with van der Waals surface area (Å²) in [6, 6.07) is 12.1. The molecule has 0 atom stereocenters. The minimum Gasteiger partial charge on any atom is -0.325 e. The van der Waals surface area contributed by atoms with E-state index in [1.165, 1.54) is 17.3 Å². The number of rotatable bonds is 4. The van der Waals surface area contributed by atoms with Crippen molar-refractivity contribution >= 4 is 34.1 Å². The van der Waals surface area contributed by atoms with E-state index in [2.05, 4.69) is 34.6 Å². The van der Waals surface area contributed by atoms with Gasteiger partial charge >= 0.3 is 0 Å². The number of nitrogens with zero attached hydrogens (tertiary/aromatic N) is 2. The van der Waals surface area contributed by atoms with Gasteiger partial charge in [0.25, 0.3) is 0 Å². The lowest BCUT2D eigenvalue weighted by atomic mass is 10.1. The van der Waals surface area contributed by atoms with Gasteiger partial charge in [0.1, 0.15) is 5.03 Å². The van der Waals surface area contributed by atoms with Crippen LogP contribution in [0, 0.1) is 20.8 Å². The Morgan fingerprint density at radius 3 is 2.58 bits per heavy atom. The van der Waals surface area contributed by atoms with Crippen LogP contribution >= 0.6 is 11.8 Å². The summed E-state index contributed by atoms with van der Waals surface area (Å²) in [4.78, 5) is 12.3. The molecule has 3 aromatic rings. The summed E-state index contributed by atoms with van der Waals surface area (Å²) in [7, 11) is 0. The molecule has 0 spiro atoms. The van der Waals surface area contributed by atoms with Gasteiger partial charge in [-0.2, -0.15) is 5.10 Å². The molecule has 1 amide bonds. The molecule has 1 N–H and O–H groups in total. The van der Waals surface area contributed by atoms with Crippen LogP contribution in [0.3, 0.4) is 0 Å². The predicted molar refractivity (Wildman–Crippen MR) is 99.5 cm³/mol. The molecule has 0 aliphatic carbocycles. The third-order valence-electron chi connectivity index (χ3n) is 3.82. The molecule has 1 heterocycles. The topological polar surface area (TPSA) is 54.9 Å². The molecule has 0 radical (unpaired) electrons. The molecule has 0 aliphatic rings. The molecule has 0 saturated heterocycles. The molecular weight excluding hydrogens is 318 g/mol. The van der Waals surface area contributed by atoms with Gasteiger partial charge < -0.3 is 5.32 Å². The maximum atomic E-state index is 12.3. The second-order valence-electron chi connectivity index (χ2n) is 5.85. The zero-order chi connectivity index (χ0) is 17.1. The van der Waals surface area contributed by atoms with Crippen molar-refractivity contribution in [1.29, 1.82) is 0 Å². The standard InChI is InChI=1S/C19H19N3OS/c1-12-8-13(2)18(14(3)9-12)21-17(23)11-24-19-16-7-5-4-6-15(16)10-20-22-19/h4-10H,11H2,1-3H3,(H,21,23). The van der Waals surface area contributed by atoms with Crippen LogP contribution < -0.4 is 5.32 Å². The highest BCUT2D eigenvalue weighted by atomic mass is 32.2. The molecule has 5 heteroatoms. The van der Waals surface area contributed by atoms with Crippen LogP contribution in [0.4, 0.5) is 5.69 Å². The fraction of sp³-hybridized carbons (Fsp3) is 0.211. The van der Waals surface area contributed by atoms with Crippen molar-refractivity contribution < 1.29 is 4.79 Å². The first kappa shape index (κ1) is 16.5. The predicted octanol–water partition coefficient (Wildman–Crippen LogP) is 4.29. The van der Waals surface area contributed by atoms with Gasteiger partial charge in [0.15, 0.2) is 0 Å². The van der Waals surface area contributed by atoms with Crippen LogP contribution in [-0.2, 0) is 4.79 Å². The molecular formula is C19H19N3OS. The number of aryl methyl sites for hydroxylation is 3. The summed E-state index contributed by atoms with van der Waals surface area (Å²) in [5.41, 5.74) is 4.25. The second kappa shape index (κ2) is 7.01. The van der Waals surface area contributed by atoms with Crippen LogP contribution in [0.2, 0.25) is 0 Å². The normalized spacial score (nSPS) is 10.8. The lowest BCUT2D eigenvalue weighted by Gasteiger charge is -2.12. The number of hydrogen-bond donors (Lipinski definition) is 1. The summed E-state index contributed by atoms with van der Waals surface area (Å²) in [6.45, 7) is 6.08. The number of anilines is 1. The van der Waals surface area contributed by atoms with E-state index < -0.39 is 0 Å². The minimum absolute atomic E-state index is 0.0372. The highest BCUT2D eigenvalue weighted by molar-refractivity contribution is 8.00. The SMILES string of the molecule is Cc1cc(C)c(NC(=O)CSc2nncc3ccccc23)c(C)c1. The number of nitrogens with one attached hydrogen (secondary N) is 1. The highest BCUT2D eigenvalue weighted by Crippen LogP contribution is 2.26. The van der Waals surface area contributed by atoms with Crippen molar-refractivity contribution in [2.75, 3.05) is 11.1 Å². The van der Waals surface area contributed by atoms with Crippen molar-refractivity contribution in [3.05, 3.63) is 59.3 Å². The molecule has 0 fully saturated rings. The van der Waals surface area contributed by atoms with Gasteiger partial charge in [-0.15, -0.1) is 5.10 Å². The zero-order valence-electron chi connectivity index (χ0n) is 14.0. The van der Waals surface area contributed by atoms with Crippen LogP contribution in [0.5, 0.6) is 0 Å². The first-order valence-electron chi connectivity index (χ1n) is 7.75. The number of hydrogen-bond acceptors (Lipinski definition) is 4. The van der Waals surface area contributed by atoms with E-state index in [1.54, 1.807) is 6.20 Å². The molecule has 2 aromatic carbocycles. The average molecular weight is 337 g/mol. The van der Waals surface area contributed by atoms with Gasteiger partial charge in [-0.3, -0.25) is 4.79 Å².